The number of carbonyl (C=O) groups is 1. The van der Waals surface area contributed by atoms with Gasteiger partial charge in [0.1, 0.15) is 18.0 Å². The maximum atomic E-state index is 13.0. The fourth-order valence-corrected chi connectivity index (χ4v) is 2.76. The van der Waals surface area contributed by atoms with E-state index in [9.17, 15) is 4.79 Å². The summed E-state index contributed by atoms with van der Waals surface area (Å²) < 4.78 is 16.1. The Morgan fingerprint density at radius 3 is 2.54 bits per heavy atom. The van der Waals surface area contributed by atoms with Crippen LogP contribution in [-0.2, 0) is 6.54 Å². The molecule has 0 aliphatic rings. The SMILES string of the molecule is CCOc1ccccc1C(=O)N(CC)Cc1nc(-c2ccc(OC)cc2)no1. The molecule has 3 rings (SSSR count). The normalized spacial score (nSPS) is 10.5. The molecular weight excluding hydrogens is 358 g/mol. The van der Waals surface area contributed by atoms with E-state index in [2.05, 4.69) is 10.1 Å². The molecule has 0 N–H and O–H groups in total. The number of ether oxygens (including phenoxy) is 2. The number of nitrogens with zero attached hydrogens (tertiary/aromatic N) is 3. The molecule has 2 aromatic carbocycles. The number of hydrogen-bond donors (Lipinski definition) is 0. The van der Waals surface area contributed by atoms with Crippen LogP contribution in [0, 0.1) is 0 Å². The molecule has 146 valence electrons. The molecule has 28 heavy (non-hydrogen) atoms. The first kappa shape index (κ1) is 19.4. The van der Waals surface area contributed by atoms with E-state index in [1.807, 2.05) is 50.2 Å². The Morgan fingerprint density at radius 1 is 1.11 bits per heavy atom. The van der Waals surface area contributed by atoms with Crippen molar-refractivity contribution in [2.75, 3.05) is 20.3 Å². The summed E-state index contributed by atoms with van der Waals surface area (Å²) in [6.07, 6.45) is 0. The van der Waals surface area contributed by atoms with Crippen LogP contribution >= 0.6 is 0 Å². The van der Waals surface area contributed by atoms with E-state index in [0.29, 0.717) is 36.2 Å². The van der Waals surface area contributed by atoms with Gasteiger partial charge in [-0.3, -0.25) is 4.79 Å². The Labute approximate surface area is 163 Å². The summed E-state index contributed by atoms with van der Waals surface area (Å²) in [5, 5.41) is 4.02. The summed E-state index contributed by atoms with van der Waals surface area (Å²) in [6.45, 7) is 5.00. The van der Waals surface area contributed by atoms with Gasteiger partial charge < -0.3 is 18.9 Å². The van der Waals surface area contributed by atoms with E-state index in [4.69, 9.17) is 14.0 Å². The zero-order valence-electron chi connectivity index (χ0n) is 16.2. The molecule has 7 nitrogen and oxygen atoms in total. The largest absolute Gasteiger partial charge is 0.497 e. The summed E-state index contributed by atoms with van der Waals surface area (Å²) in [6, 6.07) is 14.6. The predicted octanol–water partition coefficient (Wildman–Crippen LogP) is 3.81. The maximum Gasteiger partial charge on any atom is 0.258 e. The first-order chi connectivity index (χ1) is 13.7. The third-order valence-electron chi connectivity index (χ3n) is 4.23. The molecule has 7 heteroatoms. The Balaban J connectivity index is 1.76. The van der Waals surface area contributed by atoms with E-state index < -0.39 is 0 Å². The molecule has 1 aromatic heterocycles. The summed E-state index contributed by atoms with van der Waals surface area (Å²) in [7, 11) is 1.61. The first-order valence-electron chi connectivity index (χ1n) is 9.14. The number of rotatable bonds is 8. The zero-order valence-corrected chi connectivity index (χ0v) is 16.2. The zero-order chi connectivity index (χ0) is 19.9. The molecular formula is C21H23N3O4. The van der Waals surface area contributed by atoms with E-state index in [-0.39, 0.29) is 12.5 Å². The van der Waals surface area contributed by atoms with Gasteiger partial charge in [0, 0.05) is 12.1 Å². The van der Waals surface area contributed by atoms with E-state index in [1.54, 1.807) is 24.1 Å². The third-order valence-corrected chi connectivity index (χ3v) is 4.23. The molecule has 0 radical (unpaired) electrons. The van der Waals surface area contributed by atoms with Gasteiger partial charge in [0.25, 0.3) is 5.91 Å². The summed E-state index contributed by atoms with van der Waals surface area (Å²) in [5.74, 6) is 2.02. The number of para-hydroxylation sites is 1. The van der Waals surface area contributed by atoms with Crippen LogP contribution < -0.4 is 9.47 Å². The van der Waals surface area contributed by atoms with Crippen molar-refractivity contribution >= 4 is 5.91 Å². The Bertz CT molecular complexity index is 921. The summed E-state index contributed by atoms with van der Waals surface area (Å²) >= 11 is 0. The van der Waals surface area contributed by atoms with Crippen LogP contribution in [0.1, 0.15) is 30.1 Å². The molecule has 1 heterocycles. The topological polar surface area (TPSA) is 77.7 Å². The smallest absolute Gasteiger partial charge is 0.258 e. The molecule has 0 saturated carbocycles. The lowest BCUT2D eigenvalue weighted by Gasteiger charge is -2.20. The number of carbonyl (C=O) groups excluding carboxylic acids is 1. The highest BCUT2D eigenvalue weighted by molar-refractivity contribution is 5.96. The van der Waals surface area contributed by atoms with Crippen LogP contribution in [0.2, 0.25) is 0 Å². The molecule has 0 atom stereocenters. The standard InChI is InChI=1S/C21H23N3O4/c1-4-24(21(25)17-8-6-7-9-18(17)27-5-2)14-19-22-20(23-28-19)15-10-12-16(26-3)13-11-15/h6-13H,4-5,14H2,1-3H3. The second-order valence-corrected chi connectivity index (χ2v) is 5.99. The molecule has 0 unspecified atom stereocenters. The Hall–Kier alpha value is -3.35. The van der Waals surface area contributed by atoms with Crippen molar-refractivity contribution in [3.05, 3.63) is 60.0 Å². The average molecular weight is 381 g/mol. The van der Waals surface area contributed by atoms with Gasteiger partial charge in [-0.25, -0.2) is 0 Å². The lowest BCUT2D eigenvalue weighted by atomic mass is 10.1. The van der Waals surface area contributed by atoms with Crippen LogP contribution in [0.15, 0.2) is 53.1 Å². The molecule has 0 fully saturated rings. The van der Waals surface area contributed by atoms with Crippen LogP contribution in [0.5, 0.6) is 11.5 Å². The van der Waals surface area contributed by atoms with Gasteiger partial charge in [0.05, 0.1) is 19.3 Å². The van der Waals surface area contributed by atoms with Crippen molar-refractivity contribution in [2.45, 2.75) is 20.4 Å². The van der Waals surface area contributed by atoms with Gasteiger partial charge in [0.2, 0.25) is 11.7 Å². The fourth-order valence-electron chi connectivity index (χ4n) is 2.76. The number of benzene rings is 2. The lowest BCUT2D eigenvalue weighted by Crippen LogP contribution is -2.30. The van der Waals surface area contributed by atoms with Crippen LogP contribution in [-0.4, -0.2) is 41.2 Å². The number of hydrogen-bond acceptors (Lipinski definition) is 6. The van der Waals surface area contributed by atoms with Gasteiger partial charge in [-0.15, -0.1) is 0 Å². The second kappa shape index (κ2) is 9.03. The van der Waals surface area contributed by atoms with E-state index >= 15 is 0 Å². The number of methoxy groups -OCH3 is 1. The van der Waals surface area contributed by atoms with Crippen molar-refractivity contribution in [3.8, 4) is 22.9 Å². The average Bonchev–Trinajstić information content (AvgIpc) is 3.21. The highest BCUT2D eigenvalue weighted by atomic mass is 16.5. The van der Waals surface area contributed by atoms with Crippen LogP contribution in [0.3, 0.4) is 0 Å². The van der Waals surface area contributed by atoms with Crippen LogP contribution in [0.4, 0.5) is 0 Å². The summed E-state index contributed by atoms with van der Waals surface area (Å²) in [5.41, 5.74) is 1.33. The molecule has 0 spiro atoms. The van der Waals surface area contributed by atoms with Crippen molar-refractivity contribution in [2.24, 2.45) is 0 Å². The third kappa shape index (κ3) is 4.31. The summed E-state index contributed by atoms with van der Waals surface area (Å²) in [4.78, 5) is 19.0. The van der Waals surface area contributed by atoms with Gasteiger partial charge in [-0.1, -0.05) is 17.3 Å². The first-order valence-corrected chi connectivity index (χ1v) is 9.14. The number of aromatic nitrogens is 2. The van der Waals surface area contributed by atoms with Crippen molar-refractivity contribution in [1.29, 1.82) is 0 Å². The van der Waals surface area contributed by atoms with Gasteiger partial charge in [0.15, 0.2) is 0 Å². The Kier molecular flexibility index (Phi) is 6.26. The van der Waals surface area contributed by atoms with Crippen molar-refractivity contribution in [1.82, 2.24) is 15.0 Å². The predicted molar refractivity (Wildman–Crippen MR) is 104 cm³/mol. The second-order valence-electron chi connectivity index (χ2n) is 5.99. The van der Waals surface area contributed by atoms with E-state index in [0.717, 1.165) is 11.3 Å². The molecule has 1 amide bonds. The van der Waals surface area contributed by atoms with E-state index in [1.165, 1.54) is 0 Å². The molecule has 0 saturated heterocycles. The Morgan fingerprint density at radius 2 is 1.86 bits per heavy atom. The van der Waals surface area contributed by atoms with Gasteiger partial charge in [-0.2, -0.15) is 4.98 Å². The monoisotopic (exact) mass is 381 g/mol. The minimum atomic E-state index is -0.143. The van der Waals surface area contributed by atoms with Crippen molar-refractivity contribution in [3.63, 3.8) is 0 Å². The highest BCUT2D eigenvalue weighted by Gasteiger charge is 2.21. The molecule has 0 aliphatic heterocycles. The minimum Gasteiger partial charge on any atom is -0.497 e. The fraction of sp³-hybridized carbons (Fsp3) is 0.286. The van der Waals surface area contributed by atoms with Crippen molar-refractivity contribution < 1.29 is 18.8 Å². The molecule has 0 aliphatic carbocycles. The lowest BCUT2D eigenvalue weighted by molar-refractivity contribution is 0.0730. The highest BCUT2D eigenvalue weighted by Crippen LogP contribution is 2.22. The molecule has 0 bridgehead atoms. The molecule has 3 aromatic rings. The number of amides is 1. The maximum absolute atomic E-state index is 13.0. The quantitative estimate of drug-likeness (QED) is 0.590. The van der Waals surface area contributed by atoms with Crippen LogP contribution in [0.25, 0.3) is 11.4 Å². The van der Waals surface area contributed by atoms with Gasteiger partial charge >= 0.3 is 0 Å². The minimum absolute atomic E-state index is 0.143. The van der Waals surface area contributed by atoms with Gasteiger partial charge in [-0.05, 0) is 50.2 Å².